The maximum atomic E-state index is 10.4. The average Bonchev–Trinajstić information content (AvgIpc) is 2.64. The molecule has 1 aliphatic heterocycles. The fraction of sp³-hybridized carbons (Fsp3) is 0.647. The summed E-state index contributed by atoms with van der Waals surface area (Å²) in [7, 11) is 0. The number of aliphatic hydroxyl groups is 1. The molecule has 0 bridgehead atoms. The van der Waals surface area contributed by atoms with E-state index >= 15 is 0 Å². The topological polar surface area (TPSA) is 23.5 Å². The number of β-amino-alcohol motifs (C(OH)–C–C–N with tert-alkyl or cyclic N) is 1. The lowest BCUT2D eigenvalue weighted by Gasteiger charge is -2.24. The van der Waals surface area contributed by atoms with E-state index in [2.05, 4.69) is 24.8 Å². The Bertz CT molecular complexity index is 391. The Morgan fingerprint density at radius 1 is 1.26 bits per heavy atom. The molecule has 0 aromatic heterocycles. The molecule has 106 valence electrons. The van der Waals surface area contributed by atoms with Crippen LogP contribution in [0.5, 0.6) is 0 Å². The smallest absolute Gasteiger partial charge is 0.0919 e. The third kappa shape index (κ3) is 4.05. The highest BCUT2D eigenvalue weighted by Crippen LogP contribution is 2.23. The van der Waals surface area contributed by atoms with Crippen LogP contribution < -0.4 is 0 Å². The molecule has 19 heavy (non-hydrogen) atoms. The Kier molecular flexibility index (Phi) is 5.41. The number of aliphatic hydroxyl groups excluding tert-OH is 1. The van der Waals surface area contributed by atoms with Gasteiger partial charge in [0.25, 0.3) is 0 Å². The van der Waals surface area contributed by atoms with Gasteiger partial charge in [-0.15, -0.1) is 0 Å². The van der Waals surface area contributed by atoms with Crippen LogP contribution in [0.2, 0.25) is 0 Å². The Morgan fingerprint density at radius 2 is 2.05 bits per heavy atom. The molecule has 2 unspecified atom stereocenters. The third-order valence-corrected chi connectivity index (χ3v) is 4.50. The monoisotopic (exact) mass is 261 g/mol. The zero-order valence-corrected chi connectivity index (χ0v) is 12.3. The zero-order valence-electron chi connectivity index (χ0n) is 12.3. The van der Waals surface area contributed by atoms with Gasteiger partial charge in [0.2, 0.25) is 0 Å². The third-order valence-electron chi connectivity index (χ3n) is 4.50. The number of aryl methyl sites for hydroxylation is 1. The molecule has 1 fully saturated rings. The number of hydrogen-bond donors (Lipinski definition) is 1. The van der Waals surface area contributed by atoms with Crippen molar-refractivity contribution >= 4 is 0 Å². The van der Waals surface area contributed by atoms with Crippen molar-refractivity contribution in [2.24, 2.45) is 5.92 Å². The first-order valence-corrected chi connectivity index (χ1v) is 7.66. The lowest BCUT2D eigenvalue weighted by Crippen LogP contribution is -2.30. The minimum absolute atomic E-state index is 0.348. The van der Waals surface area contributed by atoms with Gasteiger partial charge in [-0.3, -0.25) is 0 Å². The fourth-order valence-corrected chi connectivity index (χ4v) is 3.12. The van der Waals surface area contributed by atoms with Crippen molar-refractivity contribution in [1.82, 2.24) is 4.90 Å². The van der Waals surface area contributed by atoms with E-state index in [0.717, 1.165) is 31.1 Å². The highest BCUT2D eigenvalue weighted by Gasteiger charge is 2.19. The van der Waals surface area contributed by atoms with Gasteiger partial charge in [-0.1, -0.05) is 37.6 Å². The second kappa shape index (κ2) is 7.06. The van der Waals surface area contributed by atoms with Crippen LogP contribution in [0, 0.1) is 12.8 Å². The Balaban J connectivity index is 1.92. The summed E-state index contributed by atoms with van der Waals surface area (Å²) in [5.74, 6) is 0.889. The number of benzene rings is 1. The summed E-state index contributed by atoms with van der Waals surface area (Å²) in [6.45, 7) is 7.43. The lowest BCUT2D eigenvalue weighted by atomic mass is 9.98. The van der Waals surface area contributed by atoms with Crippen molar-refractivity contribution in [2.45, 2.75) is 45.6 Å². The molecule has 0 amide bonds. The van der Waals surface area contributed by atoms with E-state index in [9.17, 15) is 5.11 Å². The van der Waals surface area contributed by atoms with Crippen LogP contribution in [0.15, 0.2) is 24.3 Å². The first-order chi connectivity index (χ1) is 9.20. The first kappa shape index (κ1) is 14.5. The maximum absolute atomic E-state index is 10.4. The van der Waals surface area contributed by atoms with Gasteiger partial charge in [-0.25, -0.2) is 0 Å². The molecular formula is C17H27NO. The molecule has 2 atom stereocenters. The first-order valence-electron chi connectivity index (χ1n) is 7.66. The van der Waals surface area contributed by atoms with E-state index in [-0.39, 0.29) is 6.10 Å². The molecule has 2 nitrogen and oxygen atoms in total. The van der Waals surface area contributed by atoms with Gasteiger partial charge in [0.1, 0.15) is 0 Å². The molecule has 1 aromatic rings. The van der Waals surface area contributed by atoms with Crippen molar-refractivity contribution in [1.29, 1.82) is 0 Å². The molecule has 0 radical (unpaired) electrons. The molecule has 1 aromatic carbocycles. The minimum atomic E-state index is -0.348. The lowest BCUT2D eigenvalue weighted by molar-refractivity contribution is 0.114. The fourth-order valence-electron chi connectivity index (χ4n) is 3.12. The van der Waals surface area contributed by atoms with Crippen LogP contribution in [-0.2, 0) is 0 Å². The maximum Gasteiger partial charge on any atom is 0.0919 e. The summed E-state index contributed by atoms with van der Waals surface area (Å²) in [5, 5.41) is 10.4. The second-order valence-electron chi connectivity index (χ2n) is 5.88. The SMILES string of the molecule is CCC1CCCN(CC(O)c2ccccc2C)CC1. The van der Waals surface area contributed by atoms with Crippen molar-refractivity contribution in [3.63, 3.8) is 0 Å². The average molecular weight is 261 g/mol. The van der Waals surface area contributed by atoms with Crippen molar-refractivity contribution in [3.8, 4) is 0 Å². The van der Waals surface area contributed by atoms with Gasteiger partial charge in [-0.2, -0.15) is 0 Å². The number of hydrogen-bond acceptors (Lipinski definition) is 2. The van der Waals surface area contributed by atoms with Crippen LogP contribution in [0.3, 0.4) is 0 Å². The van der Waals surface area contributed by atoms with E-state index < -0.39 is 0 Å². The summed E-state index contributed by atoms with van der Waals surface area (Å²) < 4.78 is 0. The Labute approximate surface area is 117 Å². The molecule has 0 spiro atoms. The number of rotatable bonds is 4. The van der Waals surface area contributed by atoms with Crippen LogP contribution in [0.25, 0.3) is 0 Å². The van der Waals surface area contributed by atoms with Crippen LogP contribution in [0.4, 0.5) is 0 Å². The van der Waals surface area contributed by atoms with E-state index in [4.69, 9.17) is 0 Å². The van der Waals surface area contributed by atoms with Gasteiger partial charge in [0.05, 0.1) is 6.10 Å². The van der Waals surface area contributed by atoms with E-state index in [1.54, 1.807) is 0 Å². The van der Waals surface area contributed by atoms with Gasteiger partial charge in [0.15, 0.2) is 0 Å². The summed E-state index contributed by atoms with van der Waals surface area (Å²) in [6, 6.07) is 8.17. The molecule has 0 saturated carbocycles. The predicted molar refractivity (Wildman–Crippen MR) is 80.2 cm³/mol. The van der Waals surface area contributed by atoms with E-state index in [0.29, 0.717) is 0 Å². The molecule has 1 saturated heterocycles. The standard InChI is InChI=1S/C17H27NO/c1-3-15-8-6-11-18(12-10-15)13-17(19)16-9-5-4-7-14(16)2/h4-5,7,9,15,17,19H,3,6,8,10-13H2,1-2H3. The zero-order chi connectivity index (χ0) is 13.7. The van der Waals surface area contributed by atoms with Gasteiger partial charge in [-0.05, 0) is 56.3 Å². The summed E-state index contributed by atoms with van der Waals surface area (Å²) in [4.78, 5) is 2.44. The highest BCUT2D eigenvalue weighted by molar-refractivity contribution is 5.27. The van der Waals surface area contributed by atoms with Crippen LogP contribution >= 0.6 is 0 Å². The van der Waals surface area contributed by atoms with Gasteiger partial charge in [0, 0.05) is 6.54 Å². The summed E-state index contributed by atoms with van der Waals surface area (Å²) >= 11 is 0. The number of nitrogens with zero attached hydrogens (tertiary/aromatic N) is 1. The predicted octanol–water partition coefficient (Wildman–Crippen LogP) is 3.54. The molecule has 2 rings (SSSR count). The quantitative estimate of drug-likeness (QED) is 0.896. The summed E-state index contributed by atoms with van der Waals surface area (Å²) in [5.41, 5.74) is 2.27. The minimum Gasteiger partial charge on any atom is -0.387 e. The molecule has 1 aliphatic rings. The summed E-state index contributed by atoms with van der Waals surface area (Å²) in [6.07, 6.45) is 4.87. The molecule has 1 N–H and O–H groups in total. The van der Waals surface area contributed by atoms with E-state index in [1.807, 2.05) is 18.2 Å². The molecule has 1 heterocycles. The molecule has 0 aliphatic carbocycles. The second-order valence-corrected chi connectivity index (χ2v) is 5.88. The normalized spacial score (nSPS) is 23.0. The number of likely N-dealkylation sites (tertiary alicyclic amines) is 1. The highest BCUT2D eigenvalue weighted by atomic mass is 16.3. The Hall–Kier alpha value is -0.860. The van der Waals surface area contributed by atoms with Crippen molar-refractivity contribution in [3.05, 3.63) is 35.4 Å². The van der Waals surface area contributed by atoms with Crippen LogP contribution in [-0.4, -0.2) is 29.6 Å². The van der Waals surface area contributed by atoms with E-state index in [1.165, 1.54) is 31.2 Å². The van der Waals surface area contributed by atoms with Gasteiger partial charge < -0.3 is 10.0 Å². The van der Waals surface area contributed by atoms with Crippen molar-refractivity contribution < 1.29 is 5.11 Å². The Morgan fingerprint density at radius 3 is 2.79 bits per heavy atom. The van der Waals surface area contributed by atoms with Crippen LogP contribution in [0.1, 0.15) is 49.8 Å². The largest absolute Gasteiger partial charge is 0.387 e. The van der Waals surface area contributed by atoms with Crippen molar-refractivity contribution in [2.75, 3.05) is 19.6 Å². The molecular weight excluding hydrogens is 234 g/mol. The van der Waals surface area contributed by atoms with Gasteiger partial charge >= 0.3 is 0 Å². The molecule has 2 heteroatoms.